The third kappa shape index (κ3) is 5.23. The van der Waals surface area contributed by atoms with Crippen molar-refractivity contribution in [2.75, 3.05) is 0 Å². The number of nitrogens with one attached hydrogen (secondary N) is 1. The lowest BCUT2D eigenvalue weighted by Crippen LogP contribution is -2.32. The predicted molar refractivity (Wildman–Crippen MR) is 102 cm³/mol. The van der Waals surface area contributed by atoms with Gasteiger partial charge in [0.25, 0.3) is 5.91 Å². The van der Waals surface area contributed by atoms with Crippen molar-refractivity contribution in [2.45, 2.75) is 53.0 Å². The highest BCUT2D eigenvalue weighted by Gasteiger charge is 2.12. The molecule has 0 fully saturated rings. The summed E-state index contributed by atoms with van der Waals surface area (Å²) in [5.41, 5.74) is 4.18. The molecule has 0 aromatic heterocycles. The highest BCUT2D eigenvalue weighted by molar-refractivity contribution is 5.96. The van der Waals surface area contributed by atoms with Gasteiger partial charge in [-0.25, -0.2) is 0 Å². The van der Waals surface area contributed by atoms with Gasteiger partial charge < -0.3 is 5.32 Å². The topological polar surface area (TPSA) is 29.1 Å². The van der Waals surface area contributed by atoms with Crippen LogP contribution in [-0.4, -0.2) is 11.9 Å². The molecule has 0 saturated heterocycles. The van der Waals surface area contributed by atoms with E-state index in [0.29, 0.717) is 0 Å². The van der Waals surface area contributed by atoms with E-state index in [2.05, 4.69) is 45.1 Å². The Bertz CT molecular complexity index is 661. The molecule has 1 unspecified atom stereocenters. The minimum absolute atomic E-state index is 0.0178. The second kappa shape index (κ2) is 8.68. The van der Waals surface area contributed by atoms with Crippen LogP contribution in [0, 0.1) is 12.8 Å². The fraction of sp³-hybridized carbons (Fsp3) is 0.409. The van der Waals surface area contributed by atoms with Gasteiger partial charge in [-0.2, -0.15) is 0 Å². The lowest BCUT2D eigenvalue weighted by molar-refractivity contribution is 0.0938. The Morgan fingerprint density at radius 3 is 2.38 bits per heavy atom. The number of aryl methyl sites for hydroxylation is 1. The van der Waals surface area contributed by atoms with Crippen LogP contribution < -0.4 is 5.32 Å². The fourth-order valence-corrected chi connectivity index (χ4v) is 2.90. The number of benzene rings is 2. The zero-order chi connectivity index (χ0) is 17.5. The summed E-state index contributed by atoms with van der Waals surface area (Å²) in [5.74, 6) is 0.739. The number of amides is 1. The highest BCUT2D eigenvalue weighted by Crippen LogP contribution is 2.24. The van der Waals surface area contributed by atoms with Crippen molar-refractivity contribution in [1.82, 2.24) is 5.32 Å². The first-order valence-corrected chi connectivity index (χ1v) is 8.94. The molecule has 0 aliphatic rings. The summed E-state index contributed by atoms with van der Waals surface area (Å²) in [6.45, 7) is 8.64. The number of carbonyl (C=O) groups is 1. The molecule has 128 valence electrons. The van der Waals surface area contributed by atoms with Crippen molar-refractivity contribution in [3.63, 3.8) is 0 Å². The number of carbonyl (C=O) groups excluding carboxylic acids is 1. The molecule has 2 nitrogen and oxygen atoms in total. The summed E-state index contributed by atoms with van der Waals surface area (Å²) in [6.07, 6.45) is 3.40. The summed E-state index contributed by atoms with van der Waals surface area (Å²) >= 11 is 0. The molecule has 0 aliphatic carbocycles. The molecule has 0 spiro atoms. The van der Waals surface area contributed by atoms with Gasteiger partial charge in [-0.15, -0.1) is 0 Å². The SMILES string of the molecule is Cc1ccc(C(=O)NC(C)CCCC(C)C)cc1-c1ccccc1. The van der Waals surface area contributed by atoms with Gasteiger partial charge in [-0.3, -0.25) is 4.79 Å². The van der Waals surface area contributed by atoms with Crippen molar-refractivity contribution < 1.29 is 4.79 Å². The highest BCUT2D eigenvalue weighted by atomic mass is 16.1. The minimum Gasteiger partial charge on any atom is -0.350 e. The zero-order valence-electron chi connectivity index (χ0n) is 15.3. The molecule has 0 saturated carbocycles. The quantitative estimate of drug-likeness (QED) is 0.705. The Kier molecular flexibility index (Phi) is 6.60. The molecule has 1 N–H and O–H groups in total. The van der Waals surface area contributed by atoms with E-state index in [1.165, 1.54) is 12.0 Å². The van der Waals surface area contributed by atoms with Crippen LogP contribution in [0.5, 0.6) is 0 Å². The molecule has 0 aliphatic heterocycles. The lowest BCUT2D eigenvalue weighted by Gasteiger charge is -2.15. The van der Waals surface area contributed by atoms with Gasteiger partial charge in [0, 0.05) is 11.6 Å². The van der Waals surface area contributed by atoms with Crippen LogP contribution in [0.3, 0.4) is 0 Å². The smallest absolute Gasteiger partial charge is 0.251 e. The Morgan fingerprint density at radius 1 is 1.00 bits per heavy atom. The summed E-state index contributed by atoms with van der Waals surface area (Å²) in [6, 6.07) is 16.4. The molecule has 1 atom stereocenters. The fourth-order valence-electron chi connectivity index (χ4n) is 2.90. The molecule has 0 radical (unpaired) electrons. The summed E-state index contributed by atoms with van der Waals surface area (Å²) in [5, 5.41) is 3.13. The maximum absolute atomic E-state index is 12.5. The average molecular weight is 323 g/mol. The van der Waals surface area contributed by atoms with Crippen LogP contribution in [0.2, 0.25) is 0 Å². The van der Waals surface area contributed by atoms with Gasteiger partial charge in [-0.05, 0) is 55.0 Å². The lowest BCUT2D eigenvalue weighted by atomic mass is 9.97. The van der Waals surface area contributed by atoms with Crippen molar-refractivity contribution in [2.24, 2.45) is 5.92 Å². The van der Waals surface area contributed by atoms with E-state index < -0.39 is 0 Å². The van der Waals surface area contributed by atoms with Crippen molar-refractivity contribution in [1.29, 1.82) is 0 Å². The molecule has 2 heteroatoms. The van der Waals surface area contributed by atoms with Crippen LogP contribution >= 0.6 is 0 Å². The van der Waals surface area contributed by atoms with Gasteiger partial charge in [0.15, 0.2) is 0 Å². The van der Waals surface area contributed by atoms with E-state index in [1.807, 2.05) is 36.4 Å². The van der Waals surface area contributed by atoms with Crippen molar-refractivity contribution in [3.05, 3.63) is 59.7 Å². The van der Waals surface area contributed by atoms with Gasteiger partial charge in [0.05, 0.1) is 0 Å². The first-order chi connectivity index (χ1) is 11.5. The second-order valence-corrected chi connectivity index (χ2v) is 7.09. The van der Waals surface area contributed by atoms with Gasteiger partial charge in [0.2, 0.25) is 0 Å². The van der Waals surface area contributed by atoms with Crippen LogP contribution in [0.25, 0.3) is 11.1 Å². The van der Waals surface area contributed by atoms with Crippen molar-refractivity contribution in [3.8, 4) is 11.1 Å². The third-order valence-electron chi connectivity index (χ3n) is 4.38. The number of rotatable bonds is 7. The molecule has 2 aromatic rings. The Labute approximate surface area is 146 Å². The van der Waals surface area contributed by atoms with Crippen LogP contribution in [-0.2, 0) is 0 Å². The monoisotopic (exact) mass is 323 g/mol. The Balaban J connectivity index is 2.05. The average Bonchev–Trinajstić information content (AvgIpc) is 2.55. The van der Waals surface area contributed by atoms with E-state index in [-0.39, 0.29) is 11.9 Å². The molecule has 0 bridgehead atoms. The van der Waals surface area contributed by atoms with Crippen LogP contribution in [0.1, 0.15) is 56.0 Å². The molecule has 1 amide bonds. The van der Waals surface area contributed by atoms with Gasteiger partial charge in [-0.1, -0.05) is 63.1 Å². The third-order valence-corrected chi connectivity index (χ3v) is 4.38. The van der Waals surface area contributed by atoms with Crippen molar-refractivity contribution >= 4 is 5.91 Å². The van der Waals surface area contributed by atoms with Gasteiger partial charge >= 0.3 is 0 Å². The van der Waals surface area contributed by atoms with E-state index >= 15 is 0 Å². The second-order valence-electron chi connectivity index (χ2n) is 7.09. The minimum atomic E-state index is 0.0178. The predicted octanol–water partition coefficient (Wildman–Crippen LogP) is 5.61. The standard InChI is InChI=1S/C22H29NO/c1-16(2)9-8-10-18(4)23-22(24)20-14-13-17(3)21(15-20)19-11-6-5-7-12-19/h5-7,11-16,18H,8-10H2,1-4H3,(H,23,24). The maximum atomic E-state index is 12.5. The molecule has 2 aromatic carbocycles. The van der Waals surface area contributed by atoms with E-state index in [0.717, 1.165) is 35.4 Å². The summed E-state index contributed by atoms with van der Waals surface area (Å²) < 4.78 is 0. The van der Waals surface area contributed by atoms with Crippen LogP contribution in [0.15, 0.2) is 48.5 Å². The molecule has 2 rings (SSSR count). The summed E-state index contributed by atoms with van der Waals surface area (Å²) in [7, 11) is 0. The largest absolute Gasteiger partial charge is 0.350 e. The summed E-state index contributed by atoms with van der Waals surface area (Å²) in [4.78, 5) is 12.5. The normalized spacial score (nSPS) is 12.2. The molecule has 24 heavy (non-hydrogen) atoms. The van der Waals surface area contributed by atoms with E-state index in [4.69, 9.17) is 0 Å². The maximum Gasteiger partial charge on any atom is 0.251 e. The van der Waals surface area contributed by atoms with Gasteiger partial charge in [0.1, 0.15) is 0 Å². The Hall–Kier alpha value is -2.09. The van der Waals surface area contributed by atoms with Crippen LogP contribution in [0.4, 0.5) is 0 Å². The molecular formula is C22H29NO. The first-order valence-electron chi connectivity index (χ1n) is 8.94. The number of hydrogen-bond acceptors (Lipinski definition) is 1. The zero-order valence-corrected chi connectivity index (χ0v) is 15.3. The van der Waals surface area contributed by atoms with E-state index in [9.17, 15) is 4.79 Å². The first kappa shape index (κ1) is 18.3. The molecule has 0 heterocycles. The Morgan fingerprint density at radius 2 is 1.71 bits per heavy atom. The molecular weight excluding hydrogens is 294 g/mol. The number of hydrogen-bond donors (Lipinski definition) is 1. The van der Waals surface area contributed by atoms with E-state index in [1.54, 1.807) is 0 Å².